The first-order valence-electron chi connectivity index (χ1n) is 6.78. The first-order valence-corrected chi connectivity index (χ1v) is 6.78. The van der Waals surface area contributed by atoms with E-state index in [0.717, 1.165) is 18.2 Å². The summed E-state index contributed by atoms with van der Waals surface area (Å²) in [4.78, 5) is 16.5. The Morgan fingerprint density at radius 2 is 2.21 bits per heavy atom. The second-order valence-electron chi connectivity index (χ2n) is 5.65. The molecule has 1 heterocycles. The molecule has 2 unspecified atom stereocenters. The number of nitrogen functional groups attached to an aromatic ring is 1. The van der Waals surface area contributed by atoms with Gasteiger partial charge in [-0.25, -0.2) is 10.8 Å². The number of carbonyl (C=O) groups excluding carboxylic acids is 1. The number of anilines is 1. The highest BCUT2D eigenvalue weighted by Gasteiger charge is 2.32. The molecule has 104 valence electrons. The van der Waals surface area contributed by atoms with Gasteiger partial charge in [0.05, 0.1) is 0 Å². The molecular formula is C14H22N4O. The van der Waals surface area contributed by atoms with Gasteiger partial charge in [0.25, 0.3) is 5.91 Å². The molecule has 0 spiro atoms. The molecular weight excluding hydrogens is 240 g/mol. The van der Waals surface area contributed by atoms with Crippen LogP contribution in [0.2, 0.25) is 0 Å². The van der Waals surface area contributed by atoms with E-state index in [1.165, 1.54) is 6.42 Å². The number of nitrogens with two attached hydrogens (primary N) is 1. The van der Waals surface area contributed by atoms with Gasteiger partial charge in [-0.1, -0.05) is 20.8 Å². The van der Waals surface area contributed by atoms with Gasteiger partial charge >= 0.3 is 0 Å². The molecule has 5 heteroatoms. The zero-order valence-electron chi connectivity index (χ0n) is 11.7. The average molecular weight is 262 g/mol. The normalized spacial score (nSPS) is 21.3. The van der Waals surface area contributed by atoms with Crippen LogP contribution >= 0.6 is 0 Å². The van der Waals surface area contributed by atoms with E-state index in [9.17, 15) is 4.79 Å². The molecule has 5 nitrogen and oxygen atoms in total. The first-order chi connectivity index (χ1) is 9.01. The van der Waals surface area contributed by atoms with Crippen LogP contribution in [-0.2, 0) is 0 Å². The van der Waals surface area contributed by atoms with E-state index in [1.54, 1.807) is 6.07 Å². The van der Waals surface area contributed by atoms with Crippen molar-refractivity contribution in [1.82, 2.24) is 10.3 Å². The summed E-state index contributed by atoms with van der Waals surface area (Å²) < 4.78 is 0. The van der Waals surface area contributed by atoms with E-state index in [-0.39, 0.29) is 11.8 Å². The number of pyridine rings is 1. The van der Waals surface area contributed by atoms with Crippen molar-refractivity contribution in [2.24, 2.45) is 17.7 Å². The van der Waals surface area contributed by atoms with Crippen molar-refractivity contribution in [2.75, 3.05) is 12.0 Å². The van der Waals surface area contributed by atoms with Gasteiger partial charge in [0.2, 0.25) is 0 Å². The molecule has 1 aromatic heterocycles. The third-order valence-corrected chi connectivity index (χ3v) is 3.65. The molecule has 0 radical (unpaired) electrons. The molecule has 2 rings (SSSR count). The fraction of sp³-hybridized carbons (Fsp3) is 0.571. The van der Waals surface area contributed by atoms with E-state index in [4.69, 9.17) is 5.84 Å². The van der Waals surface area contributed by atoms with Gasteiger partial charge in [0, 0.05) is 17.8 Å². The minimum absolute atomic E-state index is 0.0556. The third-order valence-electron chi connectivity index (χ3n) is 3.65. The summed E-state index contributed by atoms with van der Waals surface area (Å²) in [5, 5.41) is 2.97. The standard InChI is InChI=1S/C14H22N4O/c1-8(2)12-5-10(6-13(17-12)18-15)14(19)16-7-11-4-9(11)3/h5-6,8-9,11H,4,7,15H2,1-3H3,(H,16,19)(H,17,18). The van der Waals surface area contributed by atoms with Crippen LogP contribution in [0.25, 0.3) is 0 Å². The molecule has 1 fully saturated rings. The van der Waals surface area contributed by atoms with Crippen LogP contribution in [0.3, 0.4) is 0 Å². The van der Waals surface area contributed by atoms with Crippen LogP contribution in [0.4, 0.5) is 5.82 Å². The lowest BCUT2D eigenvalue weighted by molar-refractivity contribution is 0.0951. The highest BCUT2D eigenvalue weighted by molar-refractivity contribution is 5.95. The van der Waals surface area contributed by atoms with Crippen molar-refractivity contribution in [1.29, 1.82) is 0 Å². The van der Waals surface area contributed by atoms with Gasteiger partial charge in [-0.15, -0.1) is 0 Å². The molecule has 1 aliphatic carbocycles. The van der Waals surface area contributed by atoms with Crippen LogP contribution in [0.1, 0.15) is 49.2 Å². The molecule has 4 N–H and O–H groups in total. The van der Waals surface area contributed by atoms with Crippen molar-refractivity contribution in [3.05, 3.63) is 23.4 Å². The molecule has 1 aromatic rings. The number of hydrazine groups is 1. The summed E-state index contributed by atoms with van der Waals surface area (Å²) in [6.45, 7) is 7.04. The zero-order valence-corrected chi connectivity index (χ0v) is 11.7. The second kappa shape index (κ2) is 5.57. The number of carbonyl (C=O) groups is 1. The number of aromatic nitrogens is 1. The molecule has 0 aromatic carbocycles. The fourth-order valence-corrected chi connectivity index (χ4v) is 2.06. The Bertz CT molecular complexity index is 473. The maximum absolute atomic E-state index is 12.1. The van der Waals surface area contributed by atoms with Crippen LogP contribution in [0, 0.1) is 11.8 Å². The Balaban J connectivity index is 2.08. The summed E-state index contributed by atoms with van der Waals surface area (Å²) in [6.07, 6.45) is 1.21. The van der Waals surface area contributed by atoms with Crippen molar-refractivity contribution in [2.45, 2.75) is 33.1 Å². The van der Waals surface area contributed by atoms with E-state index >= 15 is 0 Å². The molecule has 1 amide bonds. The van der Waals surface area contributed by atoms with Crippen LogP contribution in [-0.4, -0.2) is 17.4 Å². The van der Waals surface area contributed by atoms with Crippen molar-refractivity contribution in [3.63, 3.8) is 0 Å². The smallest absolute Gasteiger partial charge is 0.251 e. The lowest BCUT2D eigenvalue weighted by Crippen LogP contribution is -2.26. The predicted octanol–water partition coefficient (Wildman–Crippen LogP) is 1.88. The molecule has 0 saturated heterocycles. The Morgan fingerprint density at radius 3 is 2.74 bits per heavy atom. The van der Waals surface area contributed by atoms with Gasteiger partial charge in [-0.2, -0.15) is 0 Å². The number of hydrogen-bond donors (Lipinski definition) is 3. The Kier molecular flexibility index (Phi) is 4.04. The summed E-state index contributed by atoms with van der Waals surface area (Å²) in [5.74, 6) is 7.50. The van der Waals surface area contributed by atoms with Gasteiger partial charge < -0.3 is 10.7 Å². The van der Waals surface area contributed by atoms with Gasteiger partial charge in [0.15, 0.2) is 0 Å². The van der Waals surface area contributed by atoms with E-state index < -0.39 is 0 Å². The second-order valence-corrected chi connectivity index (χ2v) is 5.65. The quantitative estimate of drug-likeness (QED) is 0.559. The van der Waals surface area contributed by atoms with E-state index in [1.807, 2.05) is 19.9 Å². The maximum atomic E-state index is 12.1. The van der Waals surface area contributed by atoms with Crippen LogP contribution in [0.5, 0.6) is 0 Å². The number of rotatable bonds is 5. The molecule has 0 bridgehead atoms. The summed E-state index contributed by atoms with van der Waals surface area (Å²) in [7, 11) is 0. The third kappa shape index (κ3) is 3.44. The molecule has 19 heavy (non-hydrogen) atoms. The Morgan fingerprint density at radius 1 is 1.53 bits per heavy atom. The molecule has 2 atom stereocenters. The Labute approximate surface area is 114 Å². The SMILES string of the molecule is CC(C)c1cc(C(=O)NCC2CC2C)cc(NN)n1. The van der Waals surface area contributed by atoms with Gasteiger partial charge in [-0.05, 0) is 36.3 Å². The molecule has 1 aliphatic rings. The van der Waals surface area contributed by atoms with E-state index in [0.29, 0.717) is 17.3 Å². The van der Waals surface area contributed by atoms with Gasteiger partial charge in [-0.3, -0.25) is 4.79 Å². The summed E-state index contributed by atoms with van der Waals surface area (Å²) in [6, 6.07) is 3.51. The number of nitrogens with zero attached hydrogens (tertiary/aromatic N) is 1. The largest absolute Gasteiger partial charge is 0.352 e. The number of hydrogen-bond acceptors (Lipinski definition) is 4. The highest BCUT2D eigenvalue weighted by Crippen LogP contribution is 2.36. The topological polar surface area (TPSA) is 80.0 Å². The first kappa shape index (κ1) is 13.8. The van der Waals surface area contributed by atoms with Crippen molar-refractivity contribution < 1.29 is 4.79 Å². The summed E-state index contributed by atoms with van der Waals surface area (Å²) >= 11 is 0. The van der Waals surface area contributed by atoms with Crippen LogP contribution in [0.15, 0.2) is 12.1 Å². The van der Waals surface area contributed by atoms with Crippen molar-refractivity contribution in [3.8, 4) is 0 Å². The zero-order chi connectivity index (χ0) is 14.0. The fourth-order valence-electron chi connectivity index (χ4n) is 2.06. The average Bonchev–Trinajstić information content (AvgIpc) is 3.11. The number of amides is 1. The number of nitrogens with one attached hydrogen (secondary N) is 2. The maximum Gasteiger partial charge on any atom is 0.251 e. The minimum atomic E-state index is -0.0556. The predicted molar refractivity (Wildman–Crippen MR) is 75.7 cm³/mol. The highest BCUT2D eigenvalue weighted by atomic mass is 16.1. The molecule has 1 saturated carbocycles. The lowest BCUT2D eigenvalue weighted by atomic mass is 10.1. The minimum Gasteiger partial charge on any atom is -0.352 e. The van der Waals surface area contributed by atoms with E-state index in [2.05, 4.69) is 22.7 Å². The monoisotopic (exact) mass is 262 g/mol. The molecule has 0 aliphatic heterocycles. The van der Waals surface area contributed by atoms with Gasteiger partial charge in [0.1, 0.15) is 5.82 Å². The van der Waals surface area contributed by atoms with Crippen molar-refractivity contribution >= 4 is 11.7 Å². The summed E-state index contributed by atoms with van der Waals surface area (Å²) in [5.41, 5.74) is 3.98. The Hall–Kier alpha value is -1.62. The van der Waals surface area contributed by atoms with Crippen LogP contribution < -0.4 is 16.6 Å². The lowest BCUT2D eigenvalue weighted by Gasteiger charge is -2.11.